The van der Waals surface area contributed by atoms with Gasteiger partial charge in [-0.3, -0.25) is 4.90 Å². The molecule has 0 amide bonds. The van der Waals surface area contributed by atoms with Crippen LogP contribution in [0.3, 0.4) is 0 Å². The average molecular weight is 290 g/mol. The molecular weight excluding hydrogens is 260 g/mol. The molecule has 0 aromatic heterocycles. The van der Waals surface area contributed by atoms with E-state index in [0.717, 1.165) is 18.8 Å². The van der Waals surface area contributed by atoms with Gasteiger partial charge in [-0.15, -0.1) is 0 Å². The van der Waals surface area contributed by atoms with Crippen LogP contribution < -0.4 is 10.5 Å². The Morgan fingerprint density at radius 2 is 2.10 bits per heavy atom. The van der Waals surface area contributed by atoms with Crippen molar-refractivity contribution in [3.05, 3.63) is 29.8 Å². The van der Waals surface area contributed by atoms with Crippen molar-refractivity contribution in [1.82, 2.24) is 4.90 Å². The van der Waals surface area contributed by atoms with Gasteiger partial charge < -0.3 is 10.5 Å². The maximum atomic E-state index is 6.26. The largest absolute Gasteiger partial charge is 0.496 e. The maximum absolute atomic E-state index is 6.26. The number of methoxy groups -OCH3 is 1. The van der Waals surface area contributed by atoms with Gasteiger partial charge >= 0.3 is 0 Å². The summed E-state index contributed by atoms with van der Waals surface area (Å²) in [4.78, 5) is 2.48. The van der Waals surface area contributed by atoms with Gasteiger partial charge in [-0.1, -0.05) is 44.4 Å². The van der Waals surface area contributed by atoms with E-state index < -0.39 is 0 Å². The molecule has 0 bridgehead atoms. The molecule has 1 aromatic rings. The molecule has 0 heterocycles. The van der Waals surface area contributed by atoms with Crippen LogP contribution in [0, 0.1) is 5.92 Å². The van der Waals surface area contributed by atoms with Gasteiger partial charge in [-0.2, -0.15) is 0 Å². The zero-order valence-corrected chi connectivity index (χ0v) is 13.8. The monoisotopic (exact) mass is 290 g/mol. The molecule has 2 atom stereocenters. The van der Waals surface area contributed by atoms with Crippen molar-refractivity contribution in [2.45, 2.75) is 51.1 Å². The van der Waals surface area contributed by atoms with Crippen LogP contribution in [0.25, 0.3) is 0 Å². The third kappa shape index (κ3) is 3.24. The van der Waals surface area contributed by atoms with Crippen molar-refractivity contribution in [2.75, 3.05) is 20.7 Å². The molecule has 118 valence electrons. The number of rotatable bonds is 6. The molecule has 0 aliphatic heterocycles. The lowest BCUT2D eigenvalue weighted by molar-refractivity contribution is 0.0173. The lowest BCUT2D eigenvalue weighted by Crippen LogP contribution is -2.58. The molecule has 2 unspecified atom stereocenters. The second-order valence-corrected chi connectivity index (χ2v) is 6.33. The normalized spacial score (nSPS) is 26.0. The summed E-state index contributed by atoms with van der Waals surface area (Å²) in [6, 6.07) is 8.30. The van der Waals surface area contributed by atoms with E-state index >= 15 is 0 Å². The highest BCUT2D eigenvalue weighted by atomic mass is 16.5. The van der Waals surface area contributed by atoms with Gasteiger partial charge in [-0.25, -0.2) is 0 Å². The fraction of sp³-hybridized carbons (Fsp3) is 0.667. The molecule has 0 spiro atoms. The predicted octanol–water partition coefficient (Wildman–Crippen LogP) is 3.42. The summed E-state index contributed by atoms with van der Waals surface area (Å²) in [6.45, 7) is 3.95. The maximum Gasteiger partial charge on any atom is 0.123 e. The first kappa shape index (κ1) is 16.3. The summed E-state index contributed by atoms with van der Waals surface area (Å²) in [7, 11) is 3.97. The number of para-hydroxylation sites is 1. The number of hydrogen-bond donors (Lipinski definition) is 1. The van der Waals surface area contributed by atoms with Crippen LogP contribution in [0.1, 0.15) is 44.6 Å². The van der Waals surface area contributed by atoms with Crippen molar-refractivity contribution < 1.29 is 4.74 Å². The molecule has 2 rings (SSSR count). The summed E-state index contributed by atoms with van der Waals surface area (Å²) in [5, 5.41) is 0. The zero-order valence-electron chi connectivity index (χ0n) is 13.8. The van der Waals surface area contributed by atoms with Gasteiger partial charge in [-0.05, 0) is 31.9 Å². The number of likely N-dealkylation sites (N-methyl/N-ethyl adjacent to an activating group) is 1. The Morgan fingerprint density at radius 3 is 2.76 bits per heavy atom. The average Bonchev–Trinajstić information content (AvgIpc) is 2.54. The molecule has 1 aromatic carbocycles. The van der Waals surface area contributed by atoms with Crippen molar-refractivity contribution in [1.29, 1.82) is 0 Å². The first-order valence-corrected chi connectivity index (χ1v) is 8.21. The SMILES string of the molecule is CCC1CCCCC1(CN)N(C)Cc1ccccc1OC. The highest BCUT2D eigenvalue weighted by Crippen LogP contribution is 2.40. The molecule has 2 N–H and O–H groups in total. The van der Waals surface area contributed by atoms with Crippen LogP contribution >= 0.6 is 0 Å². The van der Waals surface area contributed by atoms with E-state index in [1.54, 1.807) is 7.11 Å². The summed E-state index contributed by atoms with van der Waals surface area (Å²) >= 11 is 0. The highest BCUT2D eigenvalue weighted by molar-refractivity contribution is 5.33. The molecule has 1 aliphatic carbocycles. The quantitative estimate of drug-likeness (QED) is 0.872. The van der Waals surface area contributed by atoms with E-state index in [9.17, 15) is 0 Å². The Labute approximate surface area is 129 Å². The number of benzene rings is 1. The van der Waals surface area contributed by atoms with Crippen LogP contribution in [0.2, 0.25) is 0 Å². The van der Waals surface area contributed by atoms with E-state index in [2.05, 4.69) is 31.0 Å². The second kappa shape index (κ2) is 7.28. The summed E-state index contributed by atoms with van der Waals surface area (Å²) in [5.74, 6) is 1.68. The number of hydrogen-bond acceptors (Lipinski definition) is 3. The number of ether oxygens (including phenoxy) is 1. The third-order valence-corrected chi connectivity index (χ3v) is 5.38. The van der Waals surface area contributed by atoms with Crippen molar-refractivity contribution >= 4 is 0 Å². The summed E-state index contributed by atoms with van der Waals surface area (Å²) in [5.41, 5.74) is 7.65. The summed E-state index contributed by atoms with van der Waals surface area (Å²) < 4.78 is 5.50. The van der Waals surface area contributed by atoms with Crippen LogP contribution in [0.5, 0.6) is 5.75 Å². The minimum absolute atomic E-state index is 0.147. The Hall–Kier alpha value is -1.06. The lowest BCUT2D eigenvalue weighted by atomic mass is 9.70. The van der Waals surface area contributed by atoms with Gasteiger partial charge in [0.15, 0.2) is 0 Å². The van der Waals surface area contributed by atoms with Gasteiger partial charge in [0.1, 0.15) is 5.75 Å². The van der Waals surface area contributed by atoms with Crippen LogP contribution in [-0.4, -0.2) is 31.1 Å². The highest BCUT2D eigenvalue weighted by Gasteiger charge is 2.41. The molecular formula is C18H30N2O. The molecule has 21 heavy (non-hydrogen) atoms. The molecule has 1 saturated carbocycles. The third-order valence-electron chi connectivity index (χ3n) is 5.38. The first-order valence-electron chi connectivity index (χ1n) is 8.21. The fourth-order valence-electron chi connectivity index (χ4n) is 4.05. The lowest BCUT2D eigenvalue weighted by Gasteiger charge is -2.49. The van der Waals surface area contributed by atoms with Crippen LogP contribution in [0.15, 0.2) is 24.3 Å². The van der Waals surface area contributed by atoms with E-state index in [0.29, 0.717) is 5.92 Å². The Morgan fingerprint density at radius 1 is 1.33 bits per heavy atom. The van der Waals surface area contributed by atoms with Crippen molar-refractivity contribution in [2.24, 2.45) is 11.7 Å². The molecule has 1 fully saturated rings. The first-order chi connectivity index (χ1) is 10.2. The van der Waals surface area contributed by atoms with Gasteiger partial charge in [0.05, 0.1) is 7.11 Å². The topological polar surface area (TPSA) is 38.5 Å². The Balaban J connectivity index is 2.21. The van der Waals surface area contributed by atoms with Gasteiger partial charge in [0, 0.05) is 24.2 Å². The van der Waals surface area contributed by atoms with E-state index in [1.807, 2.05) is 12.1 Å². The standard InChI is InChI=1S/C18H30N2O/c1-4-16-10-7-8-12-18(16,14-19)20(2)13-15-9-5-6-11-17(15)21-3/h5-6,9,11,16H,4,7-8,10,12-14,19H2,1-3H3. The van der Waals surface area contributed by atoms with Crippen molar-refractivity contribution in [3.63, 3.8) is 0 Å². The Bertz CT molecular complexity index is 449. The van der Waals surface area contributed by atoms with E-state index in [1.165, 1.54) is 37.7 Å². The minimum Gasteiger partial charge on any atom is -0.496 e. The second-order valence-electron chi connectivity index (χ2n) is 6.33. The van der Waals surface area contributed by atoms with E-state index in [4.69, 9.17) is 10.5 Å². The summed E-state index contributed by atoms with van der Waals surface area (Å²) in [6.07, 6.45) is 6.39. The molecule has 3 heteroatoms. The van der Waals surface area contributed by atoms with Crippen molar-refractivity contribution in [3.8, 4) is 5.75 Å². The van der Waals surface area contributed by atoms with Crippen LogP contribution in [-0.2, 0) is 6.54 Å². The molecule has 0 radical (unpaired) electrons. The predicted molar refractivity (Wildman–Crippen MR) is 88.5 cm³/mol. The molecule has 1 aliphatic rings. The smallest absolute Gasteiger partial charge is 0.123 e. The number of nitrogens with zero attached hydrogens (tertiary/aromatic N) is 1. The van der Waals surface area contributed by atoms with Gasteiger partial charge in [0.2, 0.25) is 0 Å². The van der Waals surface area contributed by atoms with Gasteiger partial charge in [0.25, 0.3) is 0 Å². The fourth-order valence-corrected chi connectivity index (χ4v) is 4.05. The Kier molecular flexibility index (Phi) is 5.65. The van der Waals surface area contributed by atoms with E-state index in [-0.39, 0.29) is 5.54 Å². The minimum atomic E-state index is 0.147. The van der Waals surface area contributed by atoms with Crippen LogP contribution in [0.4, 0.5) is 0 Å². The molecule has 0 saturated heterocycles. The molecule has 3 nitrogen and oxygen atoms in total. The zero-order chi connectivity index (χ0) is 15.3. The number of nitrogens with two attached hydrogens (primary N) is 1.